The van der Waals surface area contributed by atoms with Crippen molar-refractivity contribution in [1.29, 1.82) is 0 Å². The number of hydrogen-bond acceptors (Lipinski definition) is 4. The molecule has 0 bridgehead atoms. The molecule has 1 amide bonds. The van der Waals surface area contributed by atoms with Gasteiger partial charge in [-0.1, -0.05) is 0 Å². The number of fused-ring (bicyclic) bond motifs is 1. The molecule has 0 saturated carbocycles. The number of benzene rings is 2. The Morgan fingerprint density at radius 2 is 1.73 bits per heavy atom. The topological polar surface area (TPSA) is 94.3 Å². The van der Waals surface area contributed by atoms with Crippen molar-refractivity contribution in [3.05, 3.63) is 70.0 Å². The summed E-state index contributed by atoms with van der Waals surface area (Å²) in [5, 5.41) is 0.0255. The Balaban J connectivity index is 1.94. The fourth-order valence-corrected chi connectivity index (χ4v) is 3.83. The lowest BCUT2D eigenvalue weighted by Gasteiger charge is -2.38. The van der Waals surface area contributed by atoms with Gasteiger partial charge in [-0.2, -0.15) is 0 Å². The number of hydrogen-bond donors (Lipinski definition) is 2. The van der Waals surface area contributed by atoms with Gasteiger partial charge in [0.05, 0.1) is 11.2 Å². The number of carbonyl (C=O) groups excluding carboxylic acids is 1. The third-order valence-corrected chi connectivity index (χ3v) is 5.69. The van der Waals surface area contributed by atoms with Crippen molar-refractivity contribution < 1.29 is 13.6 Å². The first-order chi connectivity index (χ1) is 14.2. The molecule has 0 spiro atoms. The molecule has 2 heterocycles. The van der Waals surface area contributed by atoms with Crippen LogP contribution in [-0.2, 0) is 0 Å². The molecule has 1 aliphatic rings. The standard InChI is InChI=1S/C22H22F2N4O2/c1-22(26)6-8-27(9-7-22)19-11-18-15(10-17(19)24)20(29)16(21(25)30)12-28(18)14-4-2-13(23)3-5-14/h2-5,10-12H,6-9,26H2,1H3,(H2,25,30). The number of amides is 1. The molecule has 0 radical (unpaired) electrons. The molecule has 1 saturated heterocycles. The number of nitrogens with zero attached hydrogens (tertiary/aromatic N) is 2. The molecular weight excluding hydrogens is 390 g/mol. The normalized spacial score (nSPS) is 16.1. The second-order valence-corrected chi connectivity index (χ2v) is 8.04. The van der Waals surface area contributed by atoms with E-state index in [1.807, 2.05) is 11.8 Å². The van der Waals surface area contributed by atoms with Crippen LogP contribution < -0.4 is 21.8 Å². The average Bonchev–Trinajstić information content (AvgIpc) is 2.69. The summed E-state index contributed by atoms with van der Waals surface area (Å²) in [5.41, 5.74) is 11.6. The highest BCUT2D eigenvalue weighted by molar-refractivity contribution is 5.97. The molecule has 8 heteroatoms. The van der Waals surface area contributed by atoms with Crippen molar-refractivity contribution in [2.45, 2.75) is 25.3 Å². The van der Waals surface area contributed by atoms with E-state index in [0.29, 0.717) is 42.8 Å². The predicted molar refractivity (Wildman–Crippen MR) is 112 cm³/mol. The SMILES string of the molecule is CC1(N)CCN(c2cc3c(cc2F)c(=O)c(C(N)=O)cn3-c2ccc(F)cc2)CC1. The van der Waals surface area contributed by atoms with Crippen LogP contribution in [0, 0.1) is 11.6 Å². The van der Waals surface area contributed by atoms with Crippen molar-refractivity contribution in [3.63, 3.8) is 0 Å². The molecule has 1 fully saturated rings. The number of nitrogens with two attached hydrogens (primary N) is 2. The molecule has 0 unspecified atom stereocenters. The molecular formula is C22H22F2N4O2. The van der Waals surface area contributed by atoms with Crippen LogP contribution in [0.5, 0.6) is 0 Å². The van der Waals surface area contributed by atoms with E-state index < -0.39 is 23.0 Å². The summed E-state index contributed by atoms with van der Waals surface area (Å²) in [6.07, 6.45) is 2.72. The van der Waals surface area contributed by atoms with Crippen LogP contribution in [0.4, 0.5) is 14.5 Å². The van der Waals surface area contributed by atoms with E-state index in [1.165, 1.54) is 30.5 Å². The quantitative estimate of drug-likeness (QED) is 0.692. The number of anilines is 1. The number of primary amides is 1. The molecule has 4 rings (SSSR count). The van der Waals surface area contributed by atoms with Crippen molar-refractivity contribution >= 4 is 22.5 Å². The molecule has 4 N–H and O–H groups in total. The molecule has 1 aromatic heterocycles. The van der Waals surface area contributed by atoms with Crippen LogP contribution in [0.25, 0.3) is 16.6 Å². The molecule has 6 nitrogen and oxygen atoms in total. The van der Waals surface area contributed by atoms with Crippen molar-refractivity contribution in [2.24, 2.45) is 11.5 Å². The molecule has 2 aromatic carbocycles. The van der Waals surface area contributed by atoms with Gasteiger partial charge in [-0.25, -0.2) is 8.78 Å². The Morgan fingerprint density at radius 3 is 2.33 bits per heavy atom. The average molecular weight is 412 g/mol. The largest absolute Gasteiger partial charge is 0.369 e. The van der Waals surface area contributed by atoms with Gasteiger partial charge in [0.25, 0.3) is 5.91 Å². The predicted octanol–water partition coefficient (Wildman–Crippen LogP) is 2.69. The number of carbonyl (C=O) groups is 1. The van der Waals surface area contributed by atoms with Gasteiger partial charge >= 0.3 is 0 Å². The summed E-state index contributed by atoms with van der Waals surface area (Å²) in [7, 11) is 0. The molecule has 0 aliphatic carbocycles. The zero-order valence-electron chi connectivity index (χ0n) is 16.5. The fourth-order valence-electron chi connectivity index (χ4n) is 3.83. The van der Waals surface area contributed by atoms with E-state index in [-0.39, 0.29) is 16.5 Å². The van der Waals surface area contributed by atoms with Gasteiger partial charge in [-0.05, 0) is 56.2 Å². The summed E-state index contributed by atoms with van der Waals surface area (Å²) in [5.74, 6) is -1.91. The summed E-state index contributed by atoms with van der Waals surface area (Å²) in [6.45, 7) is 3.13. The summed E-state index contributed by atoms with van der Waals surface area (Å²) in [6, 6.07) is 8.26. The number of pyridine rings is 1. The maximum Gasteiger partial charge on any atom is 0.254 e. The van der Waals surface area contributed by atoms with Crippen LogP contribution in [0.1, 0.15) is 30.1 Å². The Morgan fingerprint density at radius 1 is 1.10 bits per heavy atom. The second-order valence-electron chi connectivity index (χ2n) is 8.04. The Kier molecular flexibility index (Phi) is 4.82. The molecule has 30 heavy (non-hydrogen) atoms. The number of halogens is 2. The third-order valence-electron chi connectivity index (χ3n) is 5.69. The summed E-state index contributed by atoms with van der Waals surface area (Å²) >= 11 is 0. The Hall–Kier alpha value is -3.26. The zero-order valence-corrected chi connectivity index (χ0v) is 16.5. The van der Waals surface area contributed by atoms with Gasteiger partial charge in [-0.3, -0.25) is 9.59 Å². The highest BCUT2D eigenvalue weighted by Gasteiger charge is 2.28. The maximum absolute atomic E-state index is 15.0. The first-order valence-electron chi connectivity index (χ1n) is 9.65. The number of rotatable bonds is 3. The van der Waals surface area contributed by atoms with E-state index in [9.17, 15) is 14.0 Å². The van der Waals surface area contributed by atoms with Gasteiger partial charge in [0, 0.05) is 35.9 Å². The first-order valence-corrected chi connectivity index (χ1v) is 9.65. The lowest BCUT2D eigenvalue weighted by Crippen LogP contribution is -2.48. The second kappa shape index (κ2) is 7.21. The summed E-state index contributed by atoms with van der Waals surface area (Å²) in [4.78, 5) is 26.5. The number of piperidine rings is 1. The van der Waals surface area contributed by atoms with E-state index >= 15 is 4.39 Å². The highest BCUT2D eigenvalue weighted by Crippen LogP contribution is 2.30. The van der Waals surface area contributed by atoms with Gasteiger partial charge < -0.3 is 20.9 Å². The monoisotopic (exact) mass is 412 g/mol. The Bertz CT molecular complexity index is 1190. The van der Waals surface area contributed by atoms with E-state index in [2.05, 4.69) is 0 Å². The zero-order chi connectivity index (χ0) is 21.6. The van der Waals surface area contributed by atoms with E-state index in [4.69, 9.17) is 11.5 Å². The lowest BCUT2D eigenvalue weighted by molar-refractivity contribution is 0.0999. The third kappa shape index (κ3) is 3.54. The Labute approximate surface area is 171 Å². The van der Waals surface area contributed by atoms with Gasteiger partial charge in [0.1, 0.15) is 17.2 Å². The fraction of sp³-hybridized carbons (Fsp3) is 0.273. The van der Waals surface area contributed by atoms with Crippen LogP contribution in [-0.4, -0.2) is 29.1 Å². The van der Waals surface area contributed by atoms with Gasteiger partial charge in [-0.15, -0.1) is 0 Å². The summed E-state index contributed by atoms with van der Waals surface area (Å²) < 4.78 is 30.0. The molecule has 3 aromatic rings. The van der Waals surface area contributed by atoms with Crippen LogP contribution in [0.3, 0.4) is 0 Å². The highest BCUT2D eigenvalue weighted by atomic mass is 19.1. The minimum Gasteiger partial charge on any atom is -0.369 e. The molecule has 0 atom stereocenters. The minimum absolute atomic E-state index is 0.0255. The maximum atomic E-state index is 15.0. The van der Waals surface area contributed by atoms with Gasteiger partial charge in [0.15, 0.2) is 0 Å². The van der Waals surface area contributed by atoms with Crippen LogP contribution >= 0.6 is 0 Å². The van der Waals surface area contributed by atoms with E-state index in [0.717, 1.165) is 6.07 Å². The minimum atomic E-state index is -0.916. The molecule has 156 valence electrons. The first kappa shape index (κ1) is 20.0. The lowest BCUT2D eigenvalue weighted by atomic mass is 9.90. The van der Waals surface area contributed by atoms with Crippen LogP contribution in [0.15, 0.2) is 47.4 Å². The van der Waals surface area contributed by atoms with Crippen molar-refractivity contribution in [2.75, 3.05) is 18.0 Å². The smallest absolute Gasteiger partial charge is 0.254 e. The van der Waals surface area contributed by atoms with Crippen molar-refractivity contribution in [3.8, 4) is 5.69 Å². The number of aromatic nitrogens is 1. The van der Waals surface area contributed by atoms with E-state index in [1.54, 1.807) is 10.6 Å². The van der Waals surface area contributed by atoms with Crippen molar-refractivity contribution in [1.82, 2.24) is 4.57 Å². The van der Waals surface area contributed by atoms with Crippen LogP contribution in [0.2, 0.25) is 0 Å². The molecule has 1 aliphatic heterocycles. The van der Waals surface area contributed by atoms with Gasteiger partial charge in [0.2, 0.25) is 5.43 Å².